The average molecular weight is 192 g/mol. The van der Waals surface area contributed by atoms with Gasteiger partial charge in [-0.2, -0.15) is 0 Å². The Balaban J connectivity index is 0.000000354. The van der Waals surface area contributed by atoms with Crippen LogP contribution in [0.15, 0.2) is 23.8 Å². The van der Waals surface area contributed by atoms with Crippen LogP contribution in [0.2, 0.25) is 0 Å². The Hall–Kier alpha value is -1.38. The molecule has 1 heterocycles. The molecule has 1 saturated carbocycles. The van der Waals surface area contributed by atoms with E-state index < -0.39 is 11.4 Å². The first-order valence-corrected chi connectivity index (χ1v) is 4.91. The second-order valence-electron chi connectivity index (χ2n) is 3.42. The van der Waals surface area contributed by atoms with E-state index in [1.54, 1.807) is 6.08 Å². The van der Waals surface area contributed by atoms with Gasteiger partial charge in [-0.1, -0.05) is 32.1 Å². The Kier molecular flexibility index (Phi) is 1.84. The molecule has 0 N–H and O–H groups in total. The van der Waals surface area contributed by atoms with Gasteiger partial charge in [-0.15, -0.1) is 0 Å². The van der Waals surface area contributed by atoms with Crippen molar-refractivity contribution in [2.45, 2.75) is 20.3 Å². The Labute approximate surface area is 82.4 Å². The lowest BCUT2D eigenvalue weighted by molar-refractivity contribution is -0.153. The van der Waals surface area contributed by atoms with Crippen LogP contribution < -0.4 is 0 Å². The highest BCUT2D eigenvalue weighted by atomic mass is 16.6. The summed E-state index contributed by atoms with van der Waals surface area (Å²) in [5.74, 6) is -0.587. The summed E-state index contributed by atoms with van der Waals surface area (Å²) in [6.07, 6.45) is 6.23. The first kappa shape index (κ1) is 9.19. The van der Waals surface area contributed by atoms with Crippen LogP contribution in [0.4, 0.5) is 0 Å². The number of allylic oxidation sites excluding steroid dienone is 3. The monoisotopic (exact) mass is 192 g/mol. The summed E-state index contributed by atoms with van der Waals surface area (Å²) < 4.78 is 4.57. The number of esters is 2. The maximum absolute atomic E-state index is 11.3. The van der Waals surface area contributed by atoms with Crippen LogP contribution >= 0.6 is 0 Å². The highest BCUT2D eigenvalue weighted by molar-refractivity contribution is 6.12. The van der Waals surface area contributed by atoms with Crippen molar-refractivity contribution in [3.63, 3.8) is 0 Å². The van der Waals surface area contributed by atoms with Crippen molar-refractivity contribution in [1.82, 2.24) is 0 Å². The van der Waals surface area contributed by atoms with Crippen LogP contribution in [-0.2, 0) is 14.3 Å². The number of carbonyl (C=O) groups excluding carboxylic acids is 2. The molecule has 0 bridgehead atoms. The Morgan fingerprint density at radius 1 is 1.43 bits per heavy atom. The molecule has 3 rings (SSSR count). The molecule has 14 heavy (non-hydrogen) atoms. The number of cyclic esters (lactones) is 2. The minimum atomic E-state index is -0.550. The minimum absolute atomic E-state index is 0.219. The van der Waals surface area contributed by atoms with E-state index in [1.165, 1.54) is 0 Å². The predicted molar refractivity (Wildman–Crippen MR) is 50.2 cm³/mol. The molecule has 2 unspecified atom stereocenters. The van der Waals surface area contributed by atoms with Gasteiger partial charge in [-0.25, -0.2) is 4.79 Å². The maximum atomic E-state index is 11.3. The van der Waals surface area contributed by atoms with Crippen LogP contribution in [0.1, 0.15) is 20.3 Å². The van der Waals surface area contributed by atoms with Crippen molar-refractivity contribution in [3.8, 4) is 0 Å². The van der Waals surface area contributed by atoms with E-state index in [0.29, 0.717) is 5.57 Å². The normalized spacial score (nSPS) is 36.1. The summed E-state index contributed by atoms with van der Waals surface area (Å²) >= 11 is 0. The topological polar surface area (TPSA) is 43.4 Å². The highest BCUT2D eigenvalue weighted by Gasteiger charge is 2.69. The summed E-state index contributed by atoms with van der Waals surface area (Å²) in [4.78, 5) is 22.4. The lowest BCUT2D eigenvalue weighted by Gasteiger charge is -2.04. The van der Waals surface area contributed by atoms with E-state index in [1.807, 2.05) is 26.0 Å². The average Bonchev–Trinajstić information content (AvgIpc) is 2.90. The first-order valence-electron chi connectivity index (χ1n) is 4.91. The fraction of sp³-hybridized carbons (Fsp3) is 0.455. The predicted octanol–water partition coefficient (Wildman–Crippen LogP) is 1.60. The summed E-state index contributed by atoms with van der Waals surface area (Å²) in [6, 6.07) is 0. The number of hydrogen-bond donors (Lipinski definition) is 0. The molecule has 0 amide bonds. The maximum Gasteiger partial charge on any atom is 0.342 e. The zero-order valence-electron chi connectivity index (χ0n) is 8.24. The number of hydrogen-bond acceptors (Lipinski definition) is 3. The fourth-order valence-electron chi connectivity index (χ4n) is 2.09. The SMILES string of the molecule is CC.O=C1OC(=O)C23CC2C=CC=C13. The molecule has 1 saturated heterocycles. The third-order valence-electron chi connectivity index (χ3n) is 2.87. The van der Waals surface area contributed by atoms with Gasteiger partial charge in [0.05, 0.1) is 5.57 Å². The van der Waals surface area contributed by atoms with Gasteiger partial charge in [0.1, 0.15) is 5.41 Å². The molecule has 2 fully saturated rings. The van der Waals surface area contributed by atoms with Crippen molar-refractivity contribution in [2.24, 2.45) is 11.3 Å². The molecule has 2 atom stereocenters. The molecule has 1 spiro atoms. The molecular formula is C11H12O3. The Bertz CT molecular complexity index is 365. The summed E-state index contributed by atoms with van der Waals surface area (Å²) in [5, 5.41) is 0. The van der Waals surface area contributed by atoms with Crippen LogP contribution in [-0.4, -0.2) is 11.9 Å². The molecule has 0 radical (unpaired) electrons. The third kappa shape index (κ3) is 0.870. The van der Waals surface area contributed by atoms with E-state index in [2.05, 4.69) is 4.74 Å². The first-order chi connectivity index (χ1) is 6.75. The van der Waals surface area contributed by atoms with E-state index in [4.69, 9.17) is 0 Å². The second kappa shape index (κ2) is 2.80. The summed E-state index contributed by atoms with van der Waals surface area (Å²) in [5.41, 5.74) is 0.00579. The molecule has 3 heteroatoms. The van der Waals surface area contributed by atoms with Crippen LogP contribution in [0.3, 0.4) is 0 Å². The van der Waals surface area contributed by atoms with Gasteiger partial charge in [0, 0.05) is 0 Å². The van der Waals surface area contributed by atoms with E-state index in [-0.39, 0.29) is 11.9 Å². The van der Waals surface area contributed by atoms with Crippen molar-refractivity contribution in [2.75, 3.05) is 0 Å². The summed E-state index contributed by atoms with van der Waals surface area (Å²) in [7, 11) is 0. The van der Waals surface area contributed by atoms with Gasteiger partial charge in [0.15, 0.2) is 0 Å². The number of rotatable bonds is 0. The van der Waals surface area contributed by atoms with Gasteiger partial charge < -0.3 is 4.74 Å². The smallest absolute Gasteiger partial charge is 0.342 e. The molecule has 74 valence electrons. The van der Waals surface area contributed by atoms with Gasteiger partial charge >= 0.3 is 11.9 Å². The van der Waals surface area contributed by atoms with Gasteiger partial charge in [-0.3, -0.25) is 4.79 Å². The van der Waals surface area contributed by atoms with Gasteiger partial charge in [-0.05, 0) is 12.3 Å². The van der Waals surface area contributed by atoms with Crippen molar-refractivity contribution in [3.05, 3.63) is 23.8 Å². The lowest BCUT2D eigenvalue weighted by atomic mass is 9.92. The second-order valence-corrected chi connectivity index (χ2v) is 3.42. The minimum Gasteiger partial charge on any atom is -0.389 e. The molecule has 2 aliphatic carbocycles. The molecule has 3 aliphatic rings. The Morgan fingerprint density at radius 3 is 2.79 bits per heavy atom. The van der Waals surface area contributed by atoms with Crippen LogP contribution in [0, 0.1) is 11.3 Å². The van der Waals surface area contributed by atoms with E-state index in [9.17, 15) is 9.59 Å². The zero-order valence-corrected chi connectivity index (χ0v) is 8.24. The highest BCUT2D eigenvalue weighted by Crippen LogP contribution is 2.63. The van der Waals surface area contributed by atoms with Crippen molar-refractivity contribution >= 4 is 11.9 Å². The van der Waals surface area contributed by atoms with Crippen LogP contribution in [0.5, 0.6) is 0 Å². The molecule has 3 nitrogen and oxygen atoms in total. The third-order valence-corrected chi connectivity index (χ3v) is 2.87. The Morgan fingerprint density at radius 2 is 2.14 bits per heavy atom. The van der Waals surface area contributed by atoms with Crippen molar-refractivity contribution in [1.29, 1.82) is 0 Å². The standard InChI is InChI=1S/C9H6O3.C2H6/c10-7-6-3-1-2-5-4-9(5,6)8(11)12-7;1-2/h1-3,5H,4H2;1-2H3. The molecular weight excluding hydrogens is 180 g/mol. The van der Waals surface area contributed by atoms with Crippen LogP contribution in [0.25, 0.3) is 0 Å². The van der Waals surface area contributed by atoms with Crippen molar-refractivity contribution < 1.29 is 14.3 Å². The molecule has 0 aromatic heterocycles. The number of carbonyl (C=O) groups is 2. The number of ether oxygens (including phenoxy) is 1. The summed E-state index contributed by atoms with van der Waals surface area (Å²) in [6.45, 7) is 4.00. The molecule has 0 aromatic carbocycles. The van der Waals surface area contributed by atoms with E-state index >= 15 is 0 Å². The fourth-order valence-corrected chi connectivity index (χ4v) is 2.09. The molecule has 0 aromatic rings. The van der Waals surface area contributed by atoms with Gasteiger partial charge in [0.25, 0.3) is 0 Å². The van der Waals surface area contributed by atoms with E-state index in [0.717, 1.165) is 6.42 Å². The quantitative estimate of drug-likeness (QED) is 0.432. The molecule has 1 aliphatic heterocycles. The lowest BCUT2D eigenvalue weighted by Crippen LogP contribution is -2.13. The largest absolute Gasteiger partial charge is 0.389 e. The zero-order chi connectivity index (χ0) is 10.3. The van der Waals surface area contributed by atoms with Gasteiger partial charge in [0.2, 0.25) is 0 Å².